The molecule has 0 spiro atoms. The summed E-state index contributed by atoms with van der Waals surface area (Å²) in [5.41, 5.74) is 1.65. The maximum Gasteiger partial charge on any atom is 0.263 e. The first-order valence-electron chi connectivity index (χ1n) is 10.2. The number of aryl methyl sites for hydroxylation is 2. The number of nitrogens with one attached hydrogen (secondary N) is 1. The van der Waals surface area contributed by atoms with E-state index in [1.165, 1.54) is 38.8 Å². The molecule has 2 atom stereocenters. The lowest BCUT2D eigenvalue weighted by Crippen LogP contribution is -2.51. The van der Waals surface area contributed by atoms with Gasteiger partial charge in [0.1, 0.15) is 5.56 Å². The number of aromatic nitrogens is 1. The van der Waals surface area contributed by atoms with E-state index in [1.807, 2.05) is 19.9 Å². The molecule has 0 radical (unpaired) electrons. The molecule has 0 saturated carbocycles. The minimum Gasteiger partial charge on any atom is -0.383 e. The van der Waals surface area contributed by atoms with Crippen molar-refractivity contribution in [1.82, 2.24) is 14.8 Å². The molecule has 150 valence electrons. The third-order valence-electron chi connectivity index (χ3n) is 6.20. The lowest BCUT2D eigenvalue weighted by atomic mass is 9.83. The highest BCUT2D eigenvalue weighted by molar-refractivity contribution is 5.95. The van der Waals surface area contributed by atoms with Crippen molar-refractivity contribution in [2.45, 2.75) is 58.5 Å². The van der Waals surface area contributed by atoms with E-state index in [0.717, 1.165) is 17.7 Å². The number of piperidine rings is 2. The largest absolute Gasteiger partial charge is 0.383 e. The molecule has 2 aliphatic heterocycles. The number of methoxy groups -OCH3 is 1. The molecule has 2 saturated heterocycles. The van der Waals surface area contributed by atoms with Crippen molar-refractivity contribution in [3.63, 3.8) is 0 Å². The molecular weight excluding hydrogens is 342 g/mol. The van der Waals surface area contributed by atoms with Gasteiger partial charge in [-0.1, -0.05) is 6.42 Å². The maximum atomic E-state index is 12.9. The topological polar surface area (TPSA) is 63.6 Å². The zero-order valence-corrected chi connectivity index (χ0v) is 16.9. The Hall–Kier alpha value is -1.66. The van der Waals surface area contributed by atoms with Crippen LogP contribution in [0.4, 0.5) is 0 Å². The Morgan fingerprint density at radius 1 is 1.22 bits per heavy atom. The standard InChI is InChI=1S/C21H33N3O3/c1-15-13-16(2)24(11-12-27-3)21(26)19(15)20(25)22-14-17-7-6-10-23-9-5-4-8-18(17)23/h13,17-18H,4-12,14H2,1-3H3,(H,22,25)/t17-,18+/m1/s1. The van der Waals surface area contributed by atoms with E-state index >= 15 is 0 Å². The van der Waals surface area contributed by atoms with E-state index in [-0.39, 0.29) is 17.0 Å². The van der Waals surface area contributed by atoms with E-state index in [9.17, 15) is 9.59 Å². The van der Waals surface area contributed by atoms with Crippen molar-refractivity contribution in [1.29, 1.82) is 0 Å². The second-order valence-electron chi connectivity index (χ2n) is 8.00. The second-order valence-corrected chi connectivity index (χ2v) is 8.00. The SMILES string of the molecule is COCCn1c(C)cc(C)c(C(=O)NC[C@H]2CCCN3CCCC[C@@H]23)c1=O. The lowest BCUT2D eigenvalue weighted by molar-refractivity contribution is 0.0575. The van der Waals surface area contributed by atoms with Gasteiger partial charge in [0.15, 0.2) is 0 Å². The number of nitrogens with zero attached hydrogens (tertiary/aromatic N) is 2. The Morgan fingerprint density at radius 2 is 2.00 bits per heavy atom. The van der Waals surface area contributed by atoms with Gasteiger partial charge < -0.3 is 19.5 Å². The Kier molecular flexibility index (Phi) is 6.71. The highest BCUT2D eigenvalue weighted by Gasteiger charge is 2.33. The minimum absolute atomic E-state index is 0.218. The normalized spacial score (nSPS) is 23.1. The molecule has 6 heteroatoms. The molecule has 3 rings (SSSR count). The van der Waals surface area contributed by atoms with Crippen LogP contribution in [0.2, 0.25) is 0 Å². The fourth-order valence-corrected chi connectivity index (χ4v) is 4.79. The molecule has 1 amide bonds. The number of hydrogen-bond acceptors (Lipinski definition) is 4. The Labute approximate surface area is 161 Å². The fourth-order valence-electron chi connectivity index (χ4n) is 4.79. The summed E-state index contributed by atoms with van der Waals surface area (Å²) in [5.74, 6) is 0.251. The second kappa shape index (κ2) is 9.02. The van der Waals surface area contributed by atoms with Gasteiger partial charge in [-0.2, -0.15) is 0 Å². The molecular formula is C21H33N3O3. The van der Waals surface area contributed by atoms with Crippen LogP contribution in [0.1, 0.15) is 53.7 Å². The zero-order valence-electron chi connectivity index (χ0n) is 16.9. The van der Waals surface area contributed by atoms with Crippen LogP contribution in [-0.2, 0) is 11.3 Å². The van der Waals surface area contributed by atoms with Crippen LogP contribution < -0.4 is 10.9 Å². The summed E-state index contributed by atoms with van der Waals surface area (Å²) in [6.07, 6.45) is 6.16. The molecule has 2 aliphatic rings. The molecule has 1 aromatic rings. The zero-order chi connectivity index (χ0) is 19.4. The third kappa shape index (κ3) is 4.43. The van der Waals surface area contributed by atoms with Crippen LogP contribution in [0.5, 0.6) is 0 Å². The summed E-state index contributed by atoms with van der Waals surface area (Å²) >= 11 is 0. The third-order valence-corrected chi connectivity index (χ3v) is 6.20. The van der Waals surface area contributed by atoms with Crippen molar-refractivity contribution in [3.8, 4) is 0 Å². The smallest absolute Gasteiger partial charge is 0.263 e. The average molecular weight is 376 g/mol. The number of hydrogen-bond donors (Lipinski definition) is 1. The van der Waals surface area contributed by atoms with Gasteiger partial charge in [-0.25, -0.2) is 0 Å². The Balaban J connectivity index is 1.71. The van der Waals surface area contributed by atoms with Crippen molar-refractivity contribution in [3.05, 3.63) is 33.2 Å². The van der Waals surface area contributed by atoms with Crippen LogP contribution >= 0.6 is 0 Å². The summed E-state index contributed by atoms with van der Waals surface area (Å²) < 4.78 is 6.73. The molecule has 0 aliphatic carbocycles. The lowest BCUT2D eigenvalue weighted by Gasteiger charge is -2.44. The average Bonchev–Trinajstić information content (AvgIpc) is 2.66. The van der Waals surface area contributed by atoms with Gasteiger partial charge in [-0.15, -0.1) is 0 Å². The minimum atomic E-state index is -0.239. The fraction of sp³-hybridized carbons (Fsp3) is 0.714. The van der Waals surface area contributed by atoms with Gasteiger partial charge in [0.05, 0.1) is 6.61 Å². The van der Waals surface area contributed by atoms with Gasteiger partial charge in [0.25, 0.3) is 11.5 Å². The molecule has 1 N–H and O–H groups in total. The van der Waals surface area contributed by atoms with Crippen LogP contribution in [0.25, 0.3) is 0 Å². The van der Waals surface area contributed by atoms with E-state index in [1.54, 1.807) is 11.7 Å². The maximum absolute atomic E-state index is 12.9. The van der Waals surface area contributed by atoms with Gasteiger partial charge in [0.2, 0.25) is 0 Å². The monoisotopic (exact) mass is 375 g/mol. The van der Waals surface area contributed by atoms with Crippen LogP contribution in [0, 0.1) is 19.8 Å². The molecule has 0 bridgehead atoms. The Morgan fingerprint density at radius 3 is 2.78 bits per heavy atom. The summed E-state index contributed by atoms with van der Waals surface area (Å²) in [6.45, 7) is 7.68. The van der Waals surface area contributed by atoms with E-state index in [4.69, 9.17) is 4.74 Å². The number of fused-ring (bicyclic) bond motifs is 1. The van der Waals surface area contributed by atoms with Gasteiger partial charge in [-0.05, 0) is 70.2 Å². The summed E-state index contributed by atoms with van der Waals surface area (Å²) in [7, 11) is 1.61. The first-order valence-corrected chi connectivity index (χ1v) is 10.2. The predicted molar refractivity (Wildman–Crippen MR) is 106 cm³/mol. The van der Waals surface area contributed by atoms with Crippen molar-refractivity contribution in [2.75, 3.05) is 33.4 Å². The highest BCUT2D eigenvalue weighted by Crippen LogP contribution is 2.30. The van der Waals surface area contributed by atoms with Crippen LogP contribution in [0.15, 0.2) is 10.9 Å². The quantitative estimate of drug-likeness (QED) is 0.827. The molecule has 0 aromatic carbocycles. The molecule has 27 heavy (non-hydrogen) atoms. The first kappa shape index (κ1) is 20.1. The molecule has 3 heterocycles. The Bertz CT molecular complexity index is 726. The predicted octanol–water partition coefficient (Wildman–Crippen LogP) is 2.11. The number of amides is 1. The highest BCUT2D eigenvalue weighted by atomic mass is 16.5. The molecule has 1 aromatic heterocycles. The van der Waals surface area contributed by atoms with Crippen molar-refractivity contribution < 1.29 is 9.53 Å². The number of carbonyl (C=O) groups excluding carboxylic acids is 1. The summed E-state index contributed by atoms with van der Waals surface area (Å²) in [5, 5.41) is 3.08. The number of carbonyl (C=O) groups is 1. The number of ether oxygens (including phenoxy) is 1. The number of pyridine rings is 1. The van der Waals surface area contributed by atoms with Crippen LogP contribution in [-0.4, -0.2) is 54.8 Å². The van der Waals surface area contributed by atoms with Gasteiger partial charge in [-0.3, -0.25) is 9.59 Å². The summed E-state index contributed by atoms with van der Waals surface area (Å²) in [6, 6.07) is 2.50. The van der Waals surface area contributed by atoms with Crippen molar-refractivity contribution in [2.24, 2.45) is 5.92 Å². The van der Waals surface area contributed by atoms with Crippen molar-refractivity contribution >= 4 is 5.91 Å². The van der Waals surface area contributed by atoms with Gasteiger partial charge in [0, 0.05) is 31.9 Å². The van der Waals surface area contributed by atoms with E-state index in [2.05, 4.69) is 10.2 Å². The van der Waals surface area contributed by atoms with Gasteiger partial charge >= 0.3 is 0 Å². The van der Waals surface area contributed by atoms with E-state index < -0.39 is 0 Å². The first-order chi connectivity index (χ1) is 13.0. The molecule has 0 unspecified atom stereocenters. The van der Waals surface area contributed by atoms with E-state index in [0.29, 0.717) is 31.7 Å². The number of rotatable bonds is 6. The van der Waals surface area contributed by atoms with Crippen LogP contribution in [0.3, 0.4) is 0 Å². The molecule has 2 fully saturated rings. The summed E-state index contributed by atoms with van der Waals surface area (Å²) in [4.78, 5) is 28.3. The molecule has 6 nitrogen and oxygen atoms in total.